The van der Waals surface area contributed by atoms with Gasteiger partial charge in [0.2, 0.25) is 0 Å². The molecule has 1 saturated heterocycles. The molecule has 0 aliphatic carbocycles. The minimum atomic E-state index is -0.00883. The Morgan fingerprint density at radius 1 is 1.30 bits per heavy atom. The Bertz CT molecular complexity index is 483. The molecule has 1 aliphatic rings. The van der Waals surface area contributed by atoms with Gasteiger partial charge in [0.1, 0.15) is 0 Å². The molecule has 1 aromatic rings. The van der Waals surface area contributed by atoms with E-state index in [0.717, 1.165) is 13.1 Å². The number of benzene rings is 1. The lowest BCUT2D eigenvalue weighted by Crippen LogP contribution is -3.15. The van der Waals surface area contributed by atoms with Gasteiger partial charge in [0.05, 0.1) is 28.8 Å². The van der Waals surface area contributed by atoms with Crippen LogP contribution in [-0.2, 0) is 4.79 Å². The first-order valence-electron chi connectivity index (χ1n) is 7.03. The normalized spacial score (nSPS) is 26.3. The lowest BCUT2D eigenvalue weighted by Gasteiger charge is -2.31. The molecule has 3 nitrogen and oxygen atoms in total. The Balaban J connectivity index is 1.94. The molecule has 110 valence electrons. The van der Waals surface area contributed by atoms with Crippen molar-refractivity contribution in [3.8, 4) is 0 Å². The standard InChI is InChI=1S/C15H20Cl2N2O/c1-10-6-11(2)8-19(7-10)9-14(20)18-13-5-3-4-12(16)15(13)17/h3-5,10-11H,6-9H2,1-2H3,(H,18,20)/p+1/t10-,11+. The molecule has 1 aromatic carbocycles. The zero-order valence-electron chi connectivity index (χ0n) is 11.9. The minimum Gasteiger partial charge on any atom is -0.327 e. The highest BCUT2D eigenvalue weighted by Gasteiger charge is 2.26. The Labute approximate surface area is 130 Å². The van der Waals surface area contributed by atoms with Gasteiger partial charge in [-0.2, -0.15) is 0 Å². The fourth-order valence-electron chi connectivity index (χ4n) is 3.09. The largest absolute Gasteiger partial charge is 0.327 e. The second-order valence-electron chi connectivity index (χ2n) is 5.93. The van der Waals surface area contributed by atoms with E-state index in [-0.39, 0.29) is 5.91 Å². The van der Waals surface area contributed by atoms with Crippen LogP contribution in [0, 0.1) is 11.8 Å². The van der Waals surface area contributed by atoms with Gasteiger partial charge in [0.25, 0.3) is 5.91 Å². The molecule has 0 spiro atoms. The smallest absolute Gasteiger partial charge is 0.279 e. The van der Waals surface area contributed by atoms with E-state index in [1.165, 1.54) is 11.3 Å². The van der Waals surface area contributed by atoms with Crippen LogP contribution in [0.4, 0.5) is 5.69 Å². The number of nitrogens with one attached hydrogen (secondary N) is 2. The van der Waals surface area contributed by atoms with Crippen molar-refractivity contribution < 1.29 is 9.69 Å². The second kappa shape index (κ2) is 6.79. The van der Waals surface area contributed by atoms with Gasteiger partial charge >= 0.3 is 0 Å². The predicted octanol–water partition coefficient (Wildman–Crippen LogP) is 2.49. The minimum absolute atomic E-state index is 0.00883. The van der Waals surface area contributed by atoms with Crippen molar-refractivity contribution in [2.45, 2.75) is 20.3 Å². The lowest BCUT2D eigenvalue weighted by molar-refractivity contribution is -0.904. The number of piperidine rings is 1. The number of rotatable bonds is 3. The van der Waals surface area contributed by atoms with Crippen LogP contribution in [0.3, 0.4) is 0 Å². The van der Waals surface area contributed by atoms with E-state index in [4.69, 9.17) is 23.2 Å². The van der Waals surface area contributed by atoms with Gasteiger partial charge in [-0.3, -0.25) is 4.79 Å². The van der Waals surface area contributed by atoms with Crippen LogP contribution in [0.5, 0.6) is 0 Å². The molecule has 2 rings (SSSR count). The summed E-state index contributed by atoms with van der Waals surface area (Å²) in [6.45, 7) is 7.10. The number of hydrogen-bond acceptors (Lipinski definition) is 1. The number of carbonyl (C=O) groups is 1. The van der Waals surface area contributed by atoms with Gasteiger partial charge < -0.3 is 10.2 Å². The molecule has 3 atom stereocenters. The first-order chi connectivity index (χ1) is 9.45. The molecule has 1 unspecified atom stereocenters. The van der Waals surface area contributed by atoms with Crippen LogP contribution in [-0.4, -0.2) is 25.5 Å². The van der Waals surface area contributed by atoms with Crippen LogP contribution in [0.1, 0.15) is 20.3 Å². The van der Waals surface area contributed by atoms with Gasteiger partial charge in [-0.1, -0.05) is 43.1 Å². The molecule has 1 fully saturated rings. The van der Waals surface area contributed by atoms with Crippen LogP contribution in [0.2, 0.25) is 10.0 Å². The SMILES string of the molecule is C[C@@H]1C[C@H](C)C[NH+](CC(=O)Nc2cccc(Cl)c2Cl)C1. The van der Waals surface area contributed by atoms with E-state index in [9.17, 15) is 4.79 Å². The molecule has 0 aromatic heterocycles. The summed E-state index contributed by atoms with van der Waals surface area (Å²) in [5, 5.41) is 3.71. The van der Waals surface area contributed by atoms with Crippen molar-refractivity contribution in [2.24, 2.45) is 11.8 Å². The van der Waals surface area contributed by atoms with E-state index in [1.54, 1.807) is 18.2 Å². The zero-order valence-corrected chi connectivity index (χ0v) is 13.4. The quantitative estimate of drug-likeness (QED) is 0.883. The Kier molecular flexibility index (Phi) is 5.30. The van der Waals surface area contributed by atoms with E-state index in [0.29, 0.717) is 34.1 Å². The maximum atomic E-state index is 12.1. The summed E-state index contributed by atoms with van der Waals surface area (Å²) in [6, 6.07) is 5.25. The lowest BCUT2D eigenvalue weighted by atomic mass is 9.92. The second-order valence-corrected chi connectivity index (χ2v) is 6.72. The summed E-state index contributed by atoms with van der Waals surface area (Å²) in [5.41, 5.74) is 0.585. The highest BCUT2D eigenvalue weighted by atomic mass is 35.5. The average Bonchev–Trinajstić information content (AvgIpc) is 2.33. The van der Waals surface area contributed by atoms with Crippen molar-refractivity contribution >= 4 is 34.8 Å². The molecule has 0 radical (unpaired) electrons. The molecule has 1 amide bonds. The summed E-state index contributed by atoms with van der Waals surface area (Å²) < 4.78 is 0. The third-order valence-electron chi connectivity index (χ3n) is 3.72. The third-order valence-corrected chi connectivity index (χ3v) is 4.53. The molecular formula is C15H21Cl2N2O+. The van der Waals surface area contributed by atoms with Crippen LogP contribution in [0.25, 0.3) is 0 Å². The van der Waals surface area contributed by atoms with Gasteiger partial charge in [-0.25, -0.2) is 0 Å². The van der Waals surface area contributed by atoms with E-state index in [1.807, 2.05) is 0 Å². The topological polar surface area (TPSA) is 33.5 Å². The van der Waals surface area contributed by atoms with Crippen LogP contribution >= 0.6 is 23.2 Å². The number of hydrogen-bond donors (Lipinski definition) is 2. The number of amides is 1. The van der Waals surface area contributed by atoms with Crippen molar-refractivity contribution in [3.63, 3.8) is 0 Å². The fourth-order valence-corrected chi connectivity index (χ4v) is 3.44. The summed E-state index contributed by atoms with van der Waals surface area (Å²) >= 11 is 12.0. The summed E-state index contributed by atoms with van der Waals surface area (Å²) in [6.07, 6.45) is 1.26. The first kappa shape index (κ1) is 15.6. The maximum Gasteiger partial charge on any atom is 0.279 e. The van der Waals surface area contributed by atoms with Gasteiger partial charge in [0.15, 0.2) is 6.54 Å². The van der Waals surface area contributed by atoms with Gasteiger partial charge in [-0.15, -0.1) is 0 Å². The van der Waals surface area contributed by atoms with Crippen molar-refractivity contribution in [1.29, 1.82) is 0 Å². The van der Waals surface area contributed by atoms with E-state index >= 15 is 0 Å². The molecule has 2 N–H and O–H groups in total. The highest BCUT2D eigenvalue weighted by molar-refractivity contribution is 6.43. The maximum absolute atomic E-state index is 12.1. The highest BCUT2D eigenvalue weighted by Crippen LogP contribution is 2.29. The van der Waals surface area contributed by atoms with E-state index < -0.39 is 0 Å². The Morgan fingerprint density at radius 3 is 2.60 bits per heavy atom. The number of halogens is 2. The molecule has 20 heavy (non-hydrogen) atoms. The third kappa shape index (κ3) is 4.11. The molecule has 0 saturated carbocycles. The average molecular weight is 316 g/mol. The molecule has 1 heterocycles. The van der Waals surface area contributed by atoms with Crippen molar-refractivity contribution in [1.82, 2.24) is 0 Å². The Hall–Kier alpha value is -0.770. The van der Waals surface area contributed by atoms with Crippen LogP contribution < -0.4 is 10.2 Å². The molecule has 5 heteroatoms. The van der Waals surface area contributed by atoms with Crippen molar-refractivity contribution in [3.05, 3.63) is 28.2 Å². The molecular weight excluding hydrogens is 295 g/mol. The molecule has 0 bridgehead atoms. The number of anilines is 1. The number of carbonyl (C=O) groups excluding carboxylic acids is 1. The predicted molar refractivity (Wildman–Crippen MR) is 83.6 cm³/mol. The number of likely N-dealkylation sites (tertiary alicyclic amines) is 1. The fraction of sp³-hybridized carbons (Fsp3) is 0.533. The van der Waals surface area contributed by atoms with E-state index in [2.05, 4.69) is 19.2 Å². The number of quaternary nitrogens is 1. The van der Waals surface area contributed by atoms with Crippen molar-refractivity contribution in [2.75, 3.05) is 25.0 Å². The summed E-state index contributed by atoms with van der Waals surface area (Å²) in [4.78, 5) is 13.5. The van der Waals surface area contributed by atoms with Gasteiger partial charge in [-0.05, 0) is 18.6 Å². The Morgan fingerprint density at radius 2 is 1.95 bits per heavy atom. The summed E-state index contributed by atoms with van der Waals surface area (Å²) in [7, 11) is 0. The monoisotopic (exact) mass is 315 g/mol. The zero-order chi connectivity index (χ0) is 14.7. The van der Waals surface area contributed by atoms with Crippen LogP contribution in [0.15, 0.2) is 18.2 Å². The molecule has 1 aliphatic heterocycles. The van der Waals surface area contributed by atoms with Gasteiger partial charge in [0, 0.05) is 11.8 Å². The first-order valence-corrected chi connectivity index (χ1v) is 7.78. The summed E-state index contributed by atoms with van der Waals surface area (Å²) in [5.74, 6) is 1.35.